The smallest absolute Gasteiger partial charge is 0.0314 e. The van der Waals surface area contributed by atoms with E-state index >= 15 is 0 Å². The van der Waals surface area contributed by atoms with Gasteiger partial charge in [-0.05, 0) is 52.3 Å². The lowest BCUT2D eigenvalue weighted by Crippen LogP contribution is -2.23. The Morgan fingerprint density at radius 2 is 2.00 bits per heavy atom. The predicted molar refractivity (Wildman–Crippen MR) is 88.1 cm³/mol. The summed E-state index contributed by atoms with van der Waals surface area (Å²) in [5, 5.41) is 5.71. The Balaban J connectivity index is 2.08. The minimum Gasteiger partial charge on any atom is -0.316 e. The molecule has 19 heavy (non-hydrogen) atoms. The van der Waals surface area contributed by atoms with Gasteiger partial charge in [-0.2, -0.15) is 0 Å². The third-order valence-electron chi connectivity index (χ3n) is 3.21. The van der Waals surface area contributed by atoms with E-state index in [1.807, 2.05) is 11.3 Å². The molecule has 0 amide bonds. The average Bonchev–Trinajstić information content (AvgIpc) is 2.84. The molecule has 1 aromatic heterocycles. The molecule has 0 radical (unpaired) electrons. The molecule has 1 unspecified atom stereocenters. The molecular formula is C16H20BrNS. The van der Waals surface area contributed by atoms with Gasteiger partial charge in [0.05, 0.1) is 0 Å². The van der Waals surface area contributed by atoms with Crippen molar-refractivity contribution in [3.05, 3.63) is 56.7 Å². The first kappa shape index (κ1) is 14.8. The third kappa shape index (κ3) is 4.44. The lowest BCUT2D eigenvalue weighted by atomic mass is 9.95. The summed E-state index contributed by atoms with van der Waals surface area (Å²) < 4.78 is 1.24. The first-order valence-electron chi connectivity index (χ1n) is 6.78. The summed E-state index contributed by atoms with van der Waals surface area (Å²) in [6.07, 6.45) is 2.28. The van der Waals surface area contributed by atoms with Gasteiger partial charge in [-0.3, -0.25) is 0 Å². The number of nitrogens with one attached hydrogen (secondary N) is 1. The van der Waals surface area contributed by atoms with E-state index in [9.17, 15) is 0 Å². The molecule has 0 aliphatic carbocycles. The molecule has 1 heterocycles. The van der Waals surface area contributed by atoms with Crippen molar-refractivity contribution in [2.45, 2.75) is 25.7 Å². The molecule has 1 nitrogen and oxygen atoms in total. The second kappa shape index (κ2) is 7.83. The predicted octanol–water partition coefficient (Wildman–Crippen LogP) is 4.84. The normalized spacial score (nSPS) is 12.5. The van der Waals surface area contributed by atoms with Crippen LogP contribution < -0.4 is 5.32 Å². The summed E-state index contributed by atoms with van der Waals surface area (Å²) in [5.74, 6) is 0.544. The van der Waals surface area contributed by atoms with Crippen molar-refractivity contribution in [3.8, 4) is 0 Å². The number of thiophene rings is 1. The van der Waals surface area contributed by atoms with Gasteiger partial charge in [0, 0.05) is 21.8 Å². The molecule has 0 aliphatic heterocycles. The molecule has 1 atom stereocenters. The zero-order valence-electron chi connectivity index (χ0n) is 11.2. The summed E-state index contributed by atoms with van der Waals surface area (Å²) >= 11 is 5.48. The number of hydrogen-bond donors (Lipinski definition) is 1. The standard InChI is InChI=1S/C16H20BrNS/c1-2-9-18-12-14(13-6-4-3-5-7-13)11-16-15(17)8-10-19-16/h3-8,10,14,18H,2,9,11-12H2,1H3. The van der Waals surface area contributed by atoms with Crippen LogP contribution in [0.2, 0.25) is 0 Å². The maximum Gasteiger partial charge on any atom is 0.0314 e. The highest BCUT2D eigenvalue weighted by Gasteiger charge is 2.14. The highest BCUT2D eigenvalue weighted by atomic mass is 79.9. The van der Waals surface area contributed by atoms with Crippen molar-refractivity contribution in [2.24, 2.45) is 0 Å². The van der Waals surface area contributed by atoms with Crippen molar-refractivity contribution >= 4 is 27.3 Å². The Kier molecular flexibility index (Phi) is 6.08. The van der Waals surface area contributed by atoms with Crippen molar-refractivity contribution in [2.75, 3.05) is 13.1 Å². The molecule has 0 aliphatic rings. The minimum absolute atomic E-state index is 0.544. The summed E-state index contributed by atoms with van der Waals surface area (Å²) in [6, 6.07) is 13.0. The second-order valence-electron chi connectivity index (χ2n) is 4.71. The van der Waals surface area contributed by atoms with Gasteiger partial charge in [0.25, 0.3) is 0 Å². The molecule has 1 N–H and O–H groups in total. The first-order chi connectivity index (χ1) is 9.31. The van der Waals surface area contributed by atoms with Crippen LogP contribution in [0.4, 0.5) is 0 Å². The Morgan fingerprint density at radius 3 is 2.63 bits per heavy atom. The number of hydrogen-bond acceptors (Lipinski definition) is 2. The van der Waals surface area contributed by atoms with Gasteiger partial charge < -0.3 is 5.32 Å². The topological polar surface area (TPSA) is 12.0 Å². The van der Waals surface area contributed by atoms with E-state index in [2.05, 4.69) is 69.9 Å². The van der Waals surface area contributed by atoms with Crippen LogP contribution >= 0.6 is 27.3 Å². The van der Waals surface area contributed by atoms with E-state index < -0.39 is 0 Å². The fourth-order valence-electron chi connectivity index (χ4n) is 2.18. The molecule has 2 rings (SSSR count). The maximum atomic E-state index is 3.64. The Labute approximate surface area is 128 Å². The van der Waals surface area contributed by atoms with Crippen molar-refractivity contribution < 1.29 is 0 Å². The van der Waals surface area contributed by atoms with Crippen LogP contribution in [0.15, 0.2) is 46.3 Å². The van der Waals surface area contributed by atoms with Crippen LogP contribution in [0, 0.1) is 0 Å². The molecule has 0 saturated heterocycles. The van der Waals surface area contributed by atoms with Crippen LogP contribution in [-0.4, -0.2) is 13.1 Å². The van der Waals surface area contributed by atoms with E-state index in [1.165, 1.54) is 21.3 Å². The number of rotatable bonds is 7. The highest BCUT2D eigenvalue weighted by molar-refractivity contribution is 9.10. The van der Waals surface area contributed by atoms with Gasteiger partial charge in [-0.15, -0.1) is 11.3 Å². The lowest BCUT2D eigenvalue weighted by Gasteiger charge is -2.17. The average molecular weight is 338 g/mol. The van der Waals surface area contributed by atoms with Gasteiger partial charge in [0.1, 0.15) is 0 Å². The zero-order valence-corrected chi connectivity index (χ0v) is 13.6. The molecule has 3 heteroatoms. The van der Waals surface area contributed by atoms with Gasteiger partial charge >= 0.3 is 0 Å². The van der Waals surface area contributed by atoms with E-state index in [-0.39, 0.29) is 0 Å². The fraction of sp³-hybridized carbons (Fsp3) is 0.375. The molecule has 1 aromatic carbocycles. The van der Waals surface area contributed by atoms with Crippen LogP contribution in [0.3, 0.4) is 0 Å². The van der Waals surface area contributed by atoms with Crippen LogP contribution in [-0.2, 0) is 6.42 Å². The lowest BCUT2D eigenvalue weighted by molar-refractivity contribution is 0.579. The molecule has 0 spiro atoms. The second-order valence-corrected chi connectivity index (χ2v) is 6.56. The first-order valence-corrected chi connectivity index (χ1v) is 8.46. The molecule has 0 fully saturated rings. The van der Waals surface area contributed by atoms with Gasteiger partial charge in [0.2, 0.25) is 0 Å². The summed E-state index contributed by atoms with van der Waals surface area (Å²) in [6.45, 7) is 4.34. The van der Waals surface area contributed by atoms with Gasteiger partial charge in [0.15, 0.2) is 0 Å². The molecule has 0 saturated carbocycles. The van der Waals surface area contributed by atoms with E-state index in [0.29, 0.717) is 5.92 Å². The molecule has 2 aromatic rings. The van der Waals surface area contributed by atoms with Crippen molar-refractivity contribution in [1.29, 1.82) is 0 Å². The Bertz CT molecular complexity index is 481. The maximum absolute atomic E-state index is 3.64. The van der Waals surface area contributed by atoms with E-state index in [1.54, 1.807) is 0 Å². The highest BCUT2D eigenvalue weighted by Crippen LogP contribution is 2.29. The van der Waals surface area contributed by atoms with Gasteiger partial charge in [-0.1, -0.05) is 37.3 Å². The Hall–Kier alpha value is -0.640. The SMILES string of the molecule is CCCNCC(Cc1sccc1Br)c1ccccc1. The number of benzene rings is 1. The van der Waals surface area contributed by atoms with Crippen LogP contribution in [0.25, 0.3) is 0 Å². The number of halogens is 1. The molecule has 102 valence electrons. The molecular weight excluding hydrogens is 318 g/mol. The third-order valence-corrected chi connectivity index (χ3v) is 5.16. The summed E-state index contributed by atoms with van der Waals surface area (Å²) in [5.41, 5.74) is 1.42. The summed E-state index contributed by atoms with van der Waals surface area (Å²) in [4.78, 5) is 1.44. The monoisotopic (exact) mass is 337 g/mol. The fourth-order valence-corrected chi connectivity index (χ4v) is 3.78. The van der Waals surface area contributed by atoms with E-state index in [0.717, 1.165) is 19.5 Å². The van der Waals surface area contributed by atoms with Crippen LogP contribution in [0.1, 0.15) is 29.7 Å². The van der Waals surface area contributed by atoms with Crippen LogP contribution in [0.5, 0.6) is 0 Å². The largest absolute Gasteiger partial charge is 0.316 e. The quantitative estimate of drug-likeness (QED) is 0.713. The van der Waals surface area contributed by atoms with Crippen molar-refractivity contribution in [3.63, 3.8) is 0 Å². The van der Waals surface area contributed by atoms with E-state index in [4.69, 9.17) is 0 Å². The Morgan fingerprint density at radius 1 is 1.21 bits per heavy atom. The van der Waals surface area contributed by atoms with Crippen molar-refractivity contribution in [1.82, 2.24) is 5.32 Å². The summed E-state index contributed by atoms with van der Waals surface area (Å²) in [7, 11) is 0. The minimum atomic E-state index is 0.544. The van der Waals surface area contributed by atoms with Gasteiger partial charge in [-0.25, -0.2) is 0 Å². The zero-order chi connectivity index (χ0) is 13.5. The molecule has 0 bridgehead atoms.